The van der Waals surface area contributed by atoms with Crippen LogP contribution in [0.2, 0.25) is 0 Å². The Labute approximate surface area is 101 Å². The lowest BCUT2D eigenvalue weighted by molar-refractivity contribution is 0.237. The van der Waals surface area contributed by atoms with Crippen molar-refractivity contribution in [1.29, 1.82) is 0 Å². The summed E-state index contributed by atoms with van der Waals surface area (Å²) in [5, 5.41) is 0. The molecule has 4 heteroatoms. The van der Waals surface area contributed by atoms with Gasteiger partial charge in [0.15, 0.2) is 0 Å². The smallest absolute Gasteiger partial charge is 0.0476 e. The first kappa shape index (κ1) is 11.9. The van der Waals surface area contributed by atoms with Gasteiger partial charge in [-0.05, 0) is 25.6 Å². The van der Waals surface area contributed by atoms with Crippen LogP contribution >= 0.6 is 11.8 Å². The molecule has 0 saturated carbocycles. The van der Waals surface area contributed by atoms with Crippen molar-refractivity contribution in [2.45, 2.75) is 19.0 Å². The third kappa shape index (κ3) is 2.56. The molecule has 16 heavy (non-hydrogen) atoms. The van der Waals surface area contributed by atoms with Crippen molar-refractivity contribution in [3.63, 3.8) is 0 Å². The molecule has 0 spiro atoms. The van der Waals surface area contributed by atoms with E-state index < -0.39 is 0 Å². The van der Waals surface area contributed by atoms with Crippen molar-refractivity contribution < 1.29 is 0 Å². The minimum Gasteiger partial charge on any atom is -0.323 e. The normalized spacial score (nSPS) is 24.3. The second kappa shape index (κ2) is 5.17. The highest BCUT2D eigenvalue weighted by atomic mass is 32.2. The summed E-state index contributed by atoms with van der Waals surface area (Å²) < 4.78 is 0. The SMILES string of the molecule is Cc1ccc(C(N)C2CSCCN2C)cn1. The van der Waals surface area contributed by atoms with Crippen LogP contribution in [0, 0.1) is 6.92 Å². The molecule has 2 heterocycles. The van der Waals surface area contributed by atoms with Crippen molar-refractivity contribution in [2.75, 3.05) is 25.1 Å². The number of likely N-dealkylation sites (N-methyl/N-ethyl adjacent to an activating group) is 1. The fraction of sp³-hybridized carbons (Fsp3) is 0.583. The Kier molecular flexibility index (Phi) is 3.84. The van der Waals surface area contributed by atoms with Crippen LogP contribution < -0.4 is 5.73 Å². The number of aryl methyl sites for hydroxylation is 1. The molecule has 1 aromatic heterocycles. The lowest BCUT2D eigenvalue weighted by Crippen LogP contribution is -2.46. The van der Waals surface area contributed by atoms with E-state index in [4.69, 9.17) is 5.73 Å². The summed E-state index contributed by atoms with van der Waals surface area (Å²) in [6, 6.07) is 4.64. The highest BCUT2D eigenvalue weighted by Crippen LogP contribution is 2.24. The van der Waals surface area contributed by atoms with Crippen molar-refractivity contribution >= 4 is 11.8 Å². The van der Waals surface area contributed by atoms with Crippen molar-refractivity contribution in [3.05, 3.63) is 29.6 Å². The van der Waals surface area contributed by atoms with Gasteiger partial charge in [0, 0.05) is 42.0 Å². The number of nitrogens with two attached hydrogens (primary N) is 1. The van der Waals surface area contributed by atoms with E-state index in [1.807, 2.05) is 30.9 Å². The molecule has 2 unspecified atom stereocenters. The molecule has 0 radical (unpaired) electrons. The summed E-state index contributed by atoms with van der Waals surface area (Å²) >= 11 is 1.99. The fourth-order valence-corrected chi connectivity index (χ4v) is 3.27. The first-order valence-electron chi connectivity index (χ1n) is 5.64. The average Bonchev–Trinajstić information content (AvgIpc) is 2.30. The maximum atomic E-state index is 6.32. The highest BCUT2D eigenvalue weighted by molar-refractivity contribution is 7.99. The number of aromatic nitrogens is 1. The van der Waals surface area contributed by atoms with Crippen LogP contribution in [0.4, 0.5) is 0 Å². The van der Waals surface area contributed by atoms with E-state index in [1.165, 1.54) is 5.75 Å². The molecule has 1 fully saturated rings. The first-order valence-corrected chi connectivity index (χ1v) is 6.80. The lowest BCUT2D eigenvalue weighted by atomic mass is 10.0. The number of thioether (sulfide) groups is 1. The number of pyridine rings is 1. The molecule has 0 aliphatic carbocycles. The van der Waals surface area contributed by atoms with Crippen LogP contribution in [0.3, 0.4) is 0 Å². The number of rotatable bonds is 2. The molecule has 1 aromatic rings. The second-order valence-electron chi connectivity index (χ2n) is 4.38. The maximum Gasteiger partial charge on any atom is 0.0476 e. The van der Waals surface area contributed by atoms with Gasteiger partial charge in [-0.2, -0.15) is 11.8 Å². The molecule has 2 atom stereocenters. The van der Waals surface area contributed by atoms with Gasteiger partial charge in [0.05, 0.1) is 0 Å². The fourth-order valence-electron chi connectivity index (χ4n) is 1.98. The van der Waals surface area contributed by atoms with E-state index in [1.54, 1.807) is 0 Å². The zero-order chi connectivity index (χ0) is 11.5. The molecule has 1 aliphatic heterocycles. The third-order valence-corrected chi connectivity index (χ3v) is 4.23. The van der Waals surface area contributed by atoms with E-state index in [9.17, 15) is 0 Å². The molecular formula is C12H19N3S. The zero-order valence-corrected chi connectivity index (χ0v) is 10.7. The Balaban J connectivity index is 2.11. The van der Waals surface area contributed by atoms with Crippen LogP contribution in [0.5, 0.6) is 0 Å². The Morgan fingerprint density at radius 1 is 1.56 bits per heavy atom. The second-order valence-corrected chi connectivity index (χ2v) is 5.53. The molecule has 88 valence electrons. The minimum absolute atomic E-state index is 0.0749. The van der Waals surface area contributed by atoms with E-state index in [-0.39, 0.29) is 6.04 Å². The third-order valence-electron chi connectivity index (χ3n) is 3.18. The number of hydrogen-bond acceptors (Lipinski definition) is 4. The predicted octanol–water partition coefficient (Wildman–Crippen LogP) is 1.44. The Morgan fingerprint density at radius 2 is 2.38 bits per heavy atom. The Morgan fingerprint density at radius 3 is 3.00 bits per heavy atom. The van der Waals surface area contributed by atoms with Gasteiger partial charge in [-0.15, -0.1) is 0 Å². The zero-order valence-electron chi connectivity index (χ0n) is 9.89. The Bertz CT molecular complexity index is 339. The van der Waals surface area contributed by atoms with Crippen molar-refractivity contribution in [2.24, 2.45) is 5.73 Å². The van der Waals surface area contributed by atoms with E-state index in [0.29, 0.717) is 6.04 Å². The lowest BCUT2D eigenvalue weighted by Gasteiger charge is -2.36. The van der Waals surface area contributed by atoms with Crippen LogP contribution in [0.15, 0.2) is 18.3 Å². The average molecular weight is 237 g/mol. The van der Waals surface area contributed by atoms with Crippen LogP contribution in [-0.2, 0) is 0 Å². The van der Waals surface area contributed by atoms with Gasteiger partial charge in [0.1, 0.15) is 0 Å². The number of hydrogen-bond donors (Lipinski definition) is 1. The maximum absolute atomic E-state index is 6.32. The van der Waals surface area contributed by atoms with Gasteiger partial charge in [-0.3, -0.25) is 9.88 Å². The molecule has 0 amide bonds. The summed E-state index contributed by atoms with van der Waals surface area (Å²) in [6.07, 6.45) is 1.91. The van der Waals surface area contributed by atoms with Gasteiger partial charge >= 0.3 is 0 Å². The number of nitrogens with zero attached hydrogens (tertiary/aromatic N) is 2. The molecule has 2 rings (SSSR count). The van der Waals surface area contributed by atoms with Gasteiger partial charge < -0.3 is 5.73 Å². The van der Waals surface area contributed by atoms with E-state index in [2.05, 4.69) is 23.0 Å². The summed E-state index contributed by atoms with van der Waals surface area (Å²) in [5.41, 5.74) is 8.50. The molecule has 0 aromatic carbocycles. The summed E-state index contributed by atoms with van der Waals surface area (Å²) in [5.74, 6) is 2.33. The van der Waals surface area contributed by atoms with Gasteiger partial charge in [-0.1, -0.05) is 6.07 Å². The predicted molar refractivity (Wildman–Crippen MR) is 69.6 cm³/mol. The molecule has 3 nitrogen and oxygen atoms in total. The first-order chi connectivity index (χ1) is 7.68. The van der Waals surface area contributed by atoms with Crippen molar-refractivity contribution in [1.82, 2.24) is 9.88 Å². The quantitative estimate of drug-likeness (QED) is 0.845. The van der Waals surface area contributed by atoms with E-state index in [0.717, 1.165) is 23.6 Å². The van der Waals surface area contributed by atoms with Crippen molar-refractivity contribution in [3.8, 4) is 0 Å². The summed E-state index contributed by atoms with van der Waals surface area (Å²) in [7, 11) is 2.16. The standard InChI is InChI=1S/C12H19N3S/c1-9-3-4-10(7-14-9)12(13)11-8-16-6-5-15(11)2/h3-4,7,11-12H,5-6,8,13H2,1-2H3. The molecule has 2 N–H and O–H groups in total. The Hall–Kier alpha value is -0.580. The monoisotopic (exact) mass is 237 g/mol. The summed E-state index contributed by atoms with van der Waals surface area (Å²) in [4.78, 5) is 6.68. The highest BCUT2D eigenvalue weighted by Gasteiger charge is 2.26. The molecule has 0 bridgehead atoms. The van der Waals surface area contributed by atoms with E-state index >= 15 is 0 Å². The van der Waals surface area contributed by atoms with Gasteiger partial charge in [-0.25, -0.2) is 0 Å². The summed E-state index contributed by atoms with van der Waals surface area (Å²) in [6.45, 7) is 3.13. The molecule has 1 aliphatic rings. The topological polar surface area (TPSA) is 42.1 Å². The van der Waals surface area contributed by atoms with Crippen LogP contribution in [0.25, 0.3) is 0 Å². The van der Waals surface area contributed by atoms with Crippen LogP contribution in [-0.4, -0.2) is 41.0 Å². The van der Waals surface area contributed by atoms with Crippen LogP contribution in [0.1, 0.15) is 17.3 Å². The molecular weight excluding hydrogens is 218 g/mol. The molecule has 1 saturated heterocycles. The van der Waals surface area contributed by atoms with Gasteiger partial charge in [0.25, 0.3) is 0 Å². The minimum atomic E-state index is 0.0749. The largest absolute Gasteiger partial charge is 0.323 e. The van der Waals surface area contributed by atoms with Gasteiger partial charge in [0.2, 0.25) is 0 Å².